The number of hydrogen-bond acceptors (Lipinski definition) is 3. The summed E-state index contributed by atoms with van der Waals surface area (Å²) < 4.78 is 6.21. The highest BCUT2D eigenvalue weighted by molar-refractivity contribution is 7.99. The Hall–Kier alpha value is -1.26. The van der Waals surface area contributed by atoms with Crippen LogP contribution in [0, 0.1) is 11.8 Å². The standard InChI is InChI=1S/C23H32O3S/c24-23(25)13-7-2-1-6-12-19-20(22-15-14-21(19)26-22)17-27-16-8-11-18-9-4-3-5-10-18/h1,3-6,9-10,19-22H,2,7-8,11-17H2,(H,24,25)/b6-1-. The first kappa shape index (κ1) is 20.5. The van der Waals surface area contributed by atoms with Gasteiger partial charge in [-0.2, -0.15) is 11.8 Å². The van der Waals surface area contributed by atoms with Crippen molar-refractivity contribution in [3.63, 3.8) is 0 Å². The van der Waals surface area contributed by atoms with E-state index >= 15 is 0 Å². The second-order valence-corrected chi connectivity index (χ2v) is 8.93. The Balaban J connectivity index is 1.35. The Labute approximate surface area is 167 Å². The SMILES string of the molecule is O=C(O)CCC/C=C\CC1C2CCC(O2)C1CSCCCc1ccccc1. The summed E-state index contributed by atoms with van der Waals surface area (Å²) in [7, 11) is 0. The molecule has 0 aromatic heterocycles. The van der Waals surface area contributed by atoms with E-state index in [0.717, 1.165) is 19.3 Å². The molecular weight excluding hydrogens is 356 g/mol. The van der Waals surface area contributed by atoms with E-state index in [2.05, 4.69) is 54.2 Å². The third-order valence-electron chi connectivity index (χ3n) is 5.83. The lowest BCUT2D eigenvalue weighted by Crippen LogP contribution is -2.28. The number of thioether (sulfide) groups is 1. The van der Waals surface area contributed by atoms with E-state index in [9.17, 15) is 4.79 Å². The highest BCUT2D eigenvalue weighted by Gasteiger charge is 2.47. The monoisotopic (exact) mass is 388 g/mol. The average molecular weight is 389 g/mol. The van der Waals surface area contributed by atoms with Crippen molar-refractivity contribution in [3.05, 3.63) is 48.0 Å². The molecule has 0 aliphatic carbocycles. The summed E-state index contributed by atoms with van der Waals surface area (Å²) in [5.74, 6) is 3.08. The average Bonchev–Trinajstić information content (AvgIpc) is 3.27. The van der Waals surface area contributed by atoms with Crippen molar-refractivity contribution in [1.29, 1.82) is 0 Å². The van der Waals surface area contributed by atoms with Gasteiger partial charge in [0, 0.05) is 6.42 Å². The molecule has 3 rings (SSSR count). The number of carboxylic acid groups (broad SMARTS) is 1. The van der Waals surface area contributed by atoms with Crippen LogP contribution in [0.15, 0.2) is 42.5 Å². The van der Waals surface area contributed by atoms with E-state index in [1.54, 1.807) is 0 Å². The van der Waals surface area contributed by atoms with Gasteiger partial charge < -0.3 is 9.84 Å². The van der Waals surface area contributed by atoms with Gasteiger partial charge in [-0.3, -0.25) is 4.79 Å². The molecule has 2 saturated heterocycles. The molecule has 4 heteroatoms. The number of allylic oxidation sites excluding steroid dienone is 2. The summed E-state index contributed by atoms with van der Waals surface area (Å²) in [6.07, 6.45) is 13.2. The van der Waals surface area contributed by atoms with Crippen LogP contribution in [0.3, 0.4) is 0 Å². The number of aliphatic carboxylic acids is 1. The van der Waals surface area contributed by atoms with Crippen molar-refractivity contribution in [2.45, 2.75) is 63.6 Å². The van der Waals surface area contributed by atoms with Crippen molar-refractivity contribution in [3.8, 4) is 0 Å². The Morgan fingerprint density at radius 3 is 2.67 bits per heavy atom. The van der Waals surface area contributed by atoms with Gasteiger partial charge in [-0.1, -0.05) is 42.5 Å². The molecule has 3 nitrogen and oxygen atoms in total. The van der Waals surface area contributed by atoms with Gasteiger partial charge in [0.2, 0.25) is 0 Å². The summed E-state index contributed by atoms with van der Waals surface area (Å²) in [6, 6.07) is 10.7. The maximum absolute atomic E-state index is 10.6. The largest absolute Gasteiger partial charge is 0.481 e. The highest BCUT2D eigenvalue weighted by atomic mass is 32.2. The summed E-state index contributed by atoms with van der Waals surface area (Å²) >= 11 is 2.09. The molecule has 2 bridgehead atoms. The number of unbranched alkanes of at least 4 members (excludes halogenated alkanes) is 1. The number of hydrogen-bond donors (Lipinski definition) is 1. The fourth-order valence-electron chi connectivity index (χ4n) is 4.41. The van der Waals surface area contributed by atoms with Crippen LogP contribution in [0.25, 0.3) is 0 Å². The van der Waals surface area contributed by atoms with Gasteiger partial charge in [0.1, 0.15) is 0 Å². The molecule has 2 fully saturated rings. The van der Waals surface area contributed by atoms with Crippen LogP contribution in [-0.2, 0) is 16.0 Å². The minimum atomic E-state index is -0.700. The highest BCUT2D eigenvalue weighted by Crippen LogP contribution is 2.46. The summed E-state index contributed by atoms with van der Waals surface area (Å²) in [4.78, 5) is 10.6. The van der Waals surface area contributed by atoms with Crippen LogP contribution in [0.4, 0.5) is 0 Å². The molecule has 0 amide bonds. The third-order valence-corrected chi connectivity index (χ3v) is 7.03. The zero-order valence-corrected chi connectivity index (χ0v) is 16.9. The maximum atomic E-state index is 10.6. The lowest BCUT2D eigenvalue weighted by molar-refractivity contribution is -0.137. The quantitative estimate of drug-likeness (QED) is 0.387. The van der Waals surface area contributed by atoms with E-state index in [1.807, 2.05) is 0 Å². The second-order valence-electron chi connectivity index (χ2n) is 7.78. The number of rotatable bonds is 12. The van der Waals surface area contributed by atoms with Crippen molar-refractivity contribution in [2.24, 2.45) is 11.8 Å². The second kappa shape index (κ2) is 10.9. The van der Waals surface area contributed by atoms with Crippen LogP contribution in [0.2, 0.25) is 0 Å². The summed E-state index contributed by atoms with van der Waals surface area (Å²) in [5.41, 5.74) is 1.44. The molecule has 0 spiro atoms. The van der Waals surface area contributed by atoms with Gasteiger partial charge in [-0.25, -0.2) is 0 Å². The molecule has 4 atom stereocenters. The molecule has 1 N–H and O–H groups in total. The Bertz CT molecular complexity index is 601. The molecule has 2 heterocycles. The van der Waals surface area contributed by atoms with E-state index in [-0.39, 0.29) is 6.42 Å². The zero-order chi connectivity index (χ0) is 18.9. The van der Waals surface area contributed by atoms with Crippen LogP contribution < -0.4 is 0 Å². The van der Waals surface area contributed by atoms with Crippen molar-refractivity contribution in [1.82, 2.24) is 0 Å². The van der Waals surface area contributed by atoms with Gasteiger partial charge in [0.25, 0.3) is 0 Å². The smallest absolute Gasteiger partial charge is 0.303 e. The number of benzene rings is 1. The lowest BCUT2D eigenvalue weighted by Gasteiger charge is -2.27. The predicted octanol–water partition coefficient (Wildman–Crippen LogP) is 5.35. The van der Waals surface area contributed by atoms with Crippen LogP contribution in [-0.4, -0.2) is 34.8 Å². The van der Waals surface area contributed by atoms with Gasteiger partial charge >= 0.3 is 5.97 Å². The number of aryl methyl sites for hydroxylation is 1. The maximum Gasteiger partial charge on any atom is 0.303 e. The molecule has 0 saturated carbocycles. The first-order chi connectivity index (χ1) is 13.2. The third kappa shape index (κ3) is 6.39. The van der Waals surface area contributed by atoms with Gasteiger partial charge in [0.15, 0.2) is 0 Å². The van der Waals surface area contributed by atoms with Crippen LogP contribution in [0.1, 0.15) is 50.5 Å². The van der Waals surface area contributed by atoms with Gasteiger partial charge in [0.05, 0.1) is 12.2 Å². The lowest BCUT2D eigenvalue weighted by atomic mass is 9.78. The van der Waals surface area contributed by atoms with Gasteiger partial charge in [-0.05, 0) is 73.9 Å². The van der Waals surface area contributed by atoms with Crippen LogP contribution >= 0.6 is 11.8 Å². The van der Waals surface area contributed by atoms with E-state index < -0.39 is 5.97 Å². The predicted molar refractivity (Wildman–Crippen MR) is 112 cm³/mol. The Morgan fingerprint density at radius 1 is 1.11 bits per heavy atom. The molecule has 0 radical (unpaired) electrons. The zero-order valence-electron chi connectivity index (χ0n) is 16.1. The number of carbonyl (C=O) groups is 1. The molecule has 1 aromatic rings. The molecular formula is C23H32O3S. The van der Waals surface area contributed by atoms with E-state index in [4.69, 9.17) is 9.84 Å². The molecule has 27 heavy (non-hydrogen) atoms. The molecule has 1 aromatic carbocycles. The molecule has 148 valence electrons. The number of fused-ring (bicyclic) bond motifs is 2. The van der Waals surface area contributed by atoms with Crippen molar-refractivity contribution < 1.29 is 14.6 Å². The number of carboxylic acids is 1. The Kier molecular flexibility index (Phi) is 8.28. The Morgan fingerprint density at radius 2 is 1.89 bits per heavy atom. The molecule has 4 unspecified atom stereocenters. The van der Waals surface area contributed by atoms with E-state index in [0.29, 0.717) is 24.0 Å². The van der Waals surface area contributed by atoms with Crippen molar-refractivity contribution in [2.75, 3.05) is 11.5 Å². The van der Waals surface area contributed by atoms with Crippen LogP contribution in [0.5, 0.6) is 0 Å². The minimum Gasteiger partial charge on any atom is -0.481 e. The van der Waals surface area contributed by atoms with Gasteiger partial charge in [-0.15, -0.1) is 0 Å². The van der Waals surface area contributed by atoms with E-state index in [1.165, 1.54) is 42.8 Å². The fraction of sp³-hybridized carbons (Fsp3) is 0.609. The number of ether oxygens (including phenoxy) is 1. The summed E-state index contributed by atoms with van der Waals surface area (Å²) in [5, 5.41) is 8.69. The fourth-order valence-corrected chi connectivity index (χ4v) is 5.66. The normalized spacial score (nSPS) is 26.8. The first-order valence-corrected chi connectivity index (χ1v) is 11.5. The molecule has 2 aliphatic rings. The summed E-state index contributed by atoms with van der Waals surface area (Å²) in [6.45, 7) is 0. The minimum absolute atomic E-state index is 0.268. The topological polar surface area (TPSA) is 46.5 Å². The first-order valence-electron chi connectivity index (χ1n) is 10.4. The molecule has 2 aliphatic heterocycles. The van der Waals surface area contributed by atoms with Crippen molar-refractivity contribution >= 4 is 17.7 Å².